The lowest BCUT2D eigenvalue weighted by atomic mass is 10.2. The van der Waals surface area contributed by atoms with Crippen molar-refractivity contribution < 1.29 is 19.0 Å². The minimum absolute atomic E-state index is 0.0631. The molecular weight excluding hydrogens is 184 g/mol. The lowest BCUT2D eigenvalue weighted by Crippen LogP contribution is -2.09. The van der Waals surface area contributed by atoms with Crippen LogP contribution in [0.2, 0.25) is 0 Å². The fraction of sp³-hybridized carbons (Fsp3) is 0.700. The van der Waals surface area contributed by atoms with Gasteiger partial charge in [0, 0.05) is 13.5 Å². The van der Waals surface area contributed by atoms with Gasteiger partial charge in [-0.3, -0.25) is 0 Å². The Morgan fingerprint density at radius 1 is 1.64 bits per heavy atom. The lowest BCUT2D eigenvalue weighted by molar-refractivity contribution is -0.141. The van der Waals surface area contributed by atoms with Gasteiger partial charge < -0.3 is 14.2 Å². The molecule has 0 amide bonds. The molecule has 0 radical (unpaired) electrons. The molecule has 0 aromatic heterocycles. The first kappa shape index (κ1) is 11.0. The van der Waals surface area contributed by atoms with Gasteiger partial charge >= 0.3 is 5.97 Å². The van der Waals surface area contributed by atoms with E-state index in [0.29, 0.717) is 18.8 Å². The summed E-state index contributed by atoms with van der Waals surface area (Å²) in [5, 5.41) is 0. The Morgan fingerprint density at radius 3 is 2.86 bits per heavy atom. The zero-order chi connectivity index (χ0) is 10.6. The third-order valence-corrected chi connectivity index (χ3v) is 1.85. The summed E-state index contributed by atoms with van der Waals surface area (Å²) >= 11 is 0. The van der Waals surface area contributed by atoms with Crippen LogP contribution in [0.5, 0.6) is 0 Å². The third-order valence-electron chi connectivity index (χ3n) is 1.85. The van der Waals surface area contributed by atoms with Gasteiger partial charge in [-0.05, 0) is 13.8 Å². The van der Waals surface area contributed by atoms with Crippen molar-refractivity contribution in [1.82, 2.24) is 0 Å². The summed E-state index contributed by atoms with van der Waals surface area (Å²) in [5.74, 6) is 0.286. The van der Waals surface area contributed by atoms with E-state index in [1.54, 1.807) is 7.11 Å². The van der Waals surface area contributed by atoms with Crippen LogP contribution in [0.1, 0.15) is 20.3 Å². The monoisotopic (exact) mass is 200 g/mol. The second kappa shape index (κ2) is 5.00. The summed E-state index contributed by atoms with van der Waals surface area (Å²) < 4.78 is 15.3. The summed E-state index contributed by atoms with van der Waals surface area (Å²) in [5.41, 5.74) is 0. The first-order valence-corrected chi connectivity index (χ1v) is 4.68. The Balaban J connectivity index is 2.41. The molecule has 1 rings (SSSR count). The molecule has 0 saturated carbocycles. The van der Waals surface area contributed by atoms with E-state index in [1.165, 1.54) is 6.08 Å². The highest BCUT2D eigenvalue weighted by Crippen LogP contribution is 2.19. The van der Waals surface area contributed by atoms with Crippen LogP contribution in [0.3, 0.4) is 0 Å². The van der Waals surface area contributed by atoms with Crippen molar-refractivity contribution in [3.8, 4) is 0 Å². The standard InChI is InChI=1S/C10H16O4/c1-7(2)14-10(11)5-8-4-9(12-3)6-13-8/h5,7,9H,4,6H2,1-3H3/b8-5+. The minimum Gasteiger partial charge on any atom is -0.495 e. The molecule has 1 fully saturated rings. The van der Waals surface area contributed by atoms with Crippen molar-refractivity contribution in [2.45, 2.75) is 32.5 Å². The van der Waals surface area contributed by atoms with Gasteiger partial charge in [0.25, 0.3) is 0 Å². The van der Waals surface area contributed by atoms with Crippen LogP contribution < -0.4 is 0 Å². The van der Waals surface area contributed by atoms with Crippen molar-refractivity contribution in [3.63, 3.8) is 0 Å². The molecule has 0 aromatic rings. The van der Waals surface area contributed by atoms with Crippen LogP contribution in [0.25, 0.3) is 0 Å². The number of carbonyl (C=O) groups excluding carboxylic acids is 1. The summed E-state index contributed by atoms with van der Waals surface area (Å²) in [4.78, 5) is 11.2. The summed E-state index contributed by atoms with van der Waals surface area (Å²) in [6.45, 7) is 4.13. The Morgan fingerprint density at radius 2 is 2.36 bits per heavy atom. The van der Waals surface area contributed by atoms with E-state index in [9.17, 15) is 4.79 Å². The van der Waals surface area contributed by atoms with E-state index in [0.717, 1.165) is 0 Å². The van der Waals surface area contributed by atoms with E-state index in [1.807, 2.05) is 13.8 Å². The molecule has 1 unspecified atom stereocenters. The number of methoxy groups -OCH3 is 1. The molecule has 1 atom stereocenters. The topological polar surface area (TPSA) is 44.8 Å². The van der Waals surface area contributed by atoms with Crippen molar-refractivity contribution in [1.29, 1.82) is 0 Å². The maximum absolute atomic E-state index is 11.2. The quantitative estimate of drug-likeness (QED) is 0.508. The average molecular weight is 200 g/mol. The van der Waals surface area contributed by atoms with Crippen LogP contribution in [0.4, 0.5) is 0 Å². The molecule has 0 aromatic carbocycles. The molecule has 1 saturated heterocycles. The highest BCUT2D eigenvalue weighted by molar-refractivity contribution is 5.82. The largest absolute Gasteiger partial charge is 0.495 e. The fourth-order valence-electron chi connectivity index (χ4n) is 1.19. The predicted octanol–water partition coefficient (Wildman–Crippen LogP) is 1.26. The zero-order valence-electron chi connectivity index (χ0n) is 8.78. The number of ether oxygens (including phenoxy) is 3. The molecule has 80 valence electrons. The van der Waals surface area contributed by atoms with Gasteiger partial charge in [0.15, 0.2) is 0 Å². The molecule has 4 nitrogen and oxygen atoms in total. The highest BCUT2D eigenvalue weighted by atomic mass is 16.6. The zero-order valence-corrected chi connectivity index (χ0v) is 8.78. The van der Waals surface area contributed by atoms with Crippen LogP contribution in [-0.4, -0.2) is 31.9 Å². The van der Waals surface area contributed by atoms with Crippen molar-refractivity contribution >= 4 is 5.97 Å². The van der Waals surface area contributed by atoms with E-state index in [2.05, 4.69) is 0 Å². The molecule has 0 aliphatic carbocycles. The van der Waals surface area contributed by atoms with Gasteiger partial charge in [0.05, 0.1) is 18.3 Å². The molecule has 1 heterocycles. The van der Waals surface area contributed by atoms with Gasteiger partial charge in [0.1, 0.15) is 12.4 Å². The molecular formula is C10H16O4. The second-order valence-corrected chi connectivity index (χ2v) is 3.47. The number of carbonyl (C=O) groups is 1. The maximum Gasteiger partial charge on any atom is 0.334 e. The molecule has 0 N–H and O–H groups in total. The summed E-state index contributed by atoms with van der Waals surface area (Å²) in [6, 6.07) is 0. The Bertz CT molecular complexity index is 232. The third kappa shape index (κ3) is 3.38. The Kier molecular flexibility index (Phi) is 3.95. The van der Waals surface area contributed by atoms with Gasteiger partial charge in [0.2, 0.25) is 0 Å². The van der Waals surface area contributed by atoms with Crippen LogP contribution in [0.15, 0.2) is 11.8 Å². The molecule has 4 heteroatoms. The van der Waals surface area contributed by atoms with Crippen molar-refractivity contribution in [2.75, 3.05) is 13.7 Å². The molecule has 1 aliphatic heterocycles. The highest BCUT2D eigenvalue weighted by Gasteiger charge is 2.21. The van der Waals surface area contributed by atoms with E-state index < -0.39 is 0 Å². The van der Waals surface area contributed by atoms with Crippen LogP contribution >= 0.6 is 0 Å². The Hall–Kier alpha value is -1.03. The fourth-order valence-corrected chi connectivity index (χ4v) is 1.19. The molecule has 14 heavy (non-hydrogen) atoms. The molecule has 0 bridgehead atoms. The number of hydrogen-bond donors (Lipinski definition) is 0. The van der Waals surface area contributed by atoms with Gasteiger partial charge in [-0.2, -0.15) is 0 Å². The van der Waals surface area contributed by atoms with Crippen LogP contribution in [-0.2, 0) is 19.0 Å². The maximum atomic E-state index is 11.2. The lowest BCUT2D eigenvalue weighted by Gasteiger charge is -2.04. The van der Waals surface area contributed by atoms with E-state index >= 15 is 0 Å². The molecule has 0 spiro atoms. The first-order valence-electron chi connectivity index (χ1n) is 4.68. The number of esters is 1. The normalized spacial score (nSPS) is 24.0. The predicted molar refractivity (Wildman–Crippen MR) is 50.7 cm³/mol. The minimum atomic E-state index is -0.355. The Labute approximate surface area is 83.8 Å². The van der Waals surface area contributed by atoms with Gasteiger partial charge in [-0.25, -0.2) is 4.79 Å². The van der Waals surface area contributed by atoms with Crippen molar-refractivity contribution in [3.05, 3.63) is 11.8 Å². The average Bonchev–Trinajstić information content (AvgIpc) is 2.50. The van der Waals surface area contributed by atoms with E-state index in [4.69, 9.17) is 14.2 Å². The first-order chi connectivity index (χ1) is 6.61. The van der Waals surface area contributed by atoms with Gasteiger partial charge in [-0.1, -0.05) is 0 Å². The summed E-state index contributed by atoms with van der Waals surface area (Å²) in [6.07, 6.45) is 2.00. The second-order valence-electron chi connectivity index (χ2n) is 3.47. The summed E-state index contributed by atoms with van der Waals surface area (Å²) in [7, 11) is 1.63. The van der Waals surface area contributed by atoms with Crippen LogP contribution in [0, 0.1) is 0 Å². The SMILES string of the molecule is COC1CO/C(=C/C(=O)OC(C)C)C1. The van der Waals surface area contributed by atoms with E-state index in [-0.39, 0.29) is 18.2 Å². The smallest absolute Gasteiger partial charge is 0.334 e. The number of rotatable bonds is 3. The number of hydrogen-bond acceptors (Lipinski definition) is 4. The van der Waals surface area contributed by atoms with Crippen molar-refractivity contribution in [2.24, 2.45) is 0 Å². The van der Waals surface area contributed by atoms with Gasteiger partial charge in [-0.15, -0.1) is 0 Å². The molecule has 1 aliphatic rings.